The maximum absolute atomic E-state index is 12.4. The van der Waals surface area contributed by atoms with Gasteiger partial charge in [-0.2, -0.15) is 10.2 Å². The Morgan fingerprint density at radius 2 is 1.85 bits per heavy atom. The van der Waals surface area contributed by atoms with Crippen molar-refractivity contribution in [2.75, 3.05) is 35.6 Å². The number of nitrogens with zero attached hydrogens (tertiary/aromatic N) is 5. The molecule has 1 saturated heterocycles. The zero-order valence-electron chi connectivity index (χ0n) is 21.8. The second kappa shape index (κ2) is 12.3. The van der Waals surface area contributed by atoms with Crippen LogP contribution in [0, 0.1) is 6.92 Å². The van der Waals surface area contributed by atoms with Gasteiger partial charge in [0.05, 0.1) is 52.4 Å². The van der Waals surface area contributed by atoms with Gasteiger partial charge in [-0.05, 0) is 57.1 Å². The Balaban J connectivity index is 1.19. The molecule has 2 aromatic carbocycles. The number of likely N-dealkylation sites (tertiary alicyclic amines) is 1. The van der Waals surface area contributed by atoms with Crippen LogP contribution in [0.5, 0.6) is 0 Å². The van der Waals surface area contributed by atoms with Crippen LogP contribution in [0.4, 0.5) is 21.9 Å². The van der Waals surface area contributed by atoms with E-state index in [-0.39, 0.29) is 0 Å². The van der Waals surface area contributed by atoms with Crippen LogP contribution in [0.25, 0.3) is 5.69 Å². The monoisotopic (exact) mass is 548 g/mol. The van der Waals surface area contributed by atoms with Crippen molar-refractivity contribution in [1.82, 2.24) is 24.5 Å². The lowest BCUT2D eigenvalue weighted by Gasteiger charge is -2.26. The average molecular weight is 549 g/mol. The molecule has 2 amide bonds. The number of rotatable bonds is 9. The van der Waals surface area contributed by atoms with Crippen molar-refractivity contribution in [3.8, 4) is 5.69 Å². The van der Waals surface area contributed by atoms with Gasteiger partial charge in [0.25, 0.3) is 0 Å². The van der Waals surface area contributed by atoms with Crippen molar-refractivity contribution in [2.45, 2.75) is 39.0 Å². The van der Waals surface area contributed by atoms with E-state index in [4.69, 9.17) is 11.6 Å². The van der Waals surface area contributed by atoms with E-state index in [1.54, 1.807) is 41.3 Å². The van der Waals surface area contributed by atoms with Gasteiger partial charge in [0.2, 0.25) is 0 Å². The minimum Gasteiger partial charge on any atom is -0.369 e. The van der Waals surface area contributed by atoms with Gasteiger partial charge in [-0.1, -0.05) is 42.3 Å². The molecule has 1 atom stereocenters. The Morgan fingerprint density at radius 1 is 1.03 bits per heavy atom. The first-order valence-corrected chi connectivity index (χ1v) is 13.5. The third kappa shape index (κ3) is 6.97. The van der Waals surface area contributed by atoms with Crippen molar-refractivity contribution in [2.24, 2.45) is 0 Å². The van der Waals surface area contributed by atoms with Crippen LogP contribution < -0.4 is 16.0 Å². The number of piperidine rings is 1. The van der Waals surface area contributed by atoms with E-state index in [1.807, 2.05) is 42.1 Å². The number of aliphatic hydroxyl groups excluding tert-OH is 1. The third-order valence-electron chi connectivity index (χ3n) is 6.75. The number of aryl methyl sites for hydroxylation is 1. The number of nitrogens with one attached hydrogen (secondary N) is 3. The number of aliphatic hydroxyl groups is 1. The molecule has 0 bridgehead atoms. The van der Waals surface area contributed by atoms with Gasteiger partial charge in [-0.3, -0.25) is 4.68 Å². The smallest absolute Gasteiger partial charge is 0.323 e. The molecule has 3 heterocycles. The zero-order valence-corrected chi connectivity index (χ0v) is 22.6. The Kier molecular flexibility index (Phi) is 8.45. The van der Waals surface area contributed by atoms with E-state index in [1.165, 1.54) is 19.3 Å². The van der Waals surface area contributed by atoms with Crippen LogP contribution in [0.15, 0.2) is 67.1 Å². The predicted octanol–water partition coefficient (Wildman–Crippen LogP) is 5.26. The molecule has 5 rings (SSSR count). The van der Waals surface area contributed by atoms with E-state index in [9.17, 15) is 9.90 Å². The molecule has 1 aliphatic rings. The van der Waals surface area contributed by atoms with Crippen LogP contribution in [-0.4, -0.2) is 55.2 Å². The number of anilines is 3. The SMILES string of the molecule is Cc1nn(CCN2CCCCC2)cc1NC(O)c1cccc(-n2cc(NC(=O)Nc3ccccc3Cl)cn2)c1. The van der Waals surface area contributed by atoms with Gasteiger partial charge in [0.15, 0.2) is 6.23 Å². The second-order valence-corrected chi connectivity index (χ2v) is 10.1. The molecule has 11 heteroatoms. The molecule has 39 heavy (non-hydrogen) atoms. The number of para-hydroxylation sites is 1. The molecule has 204 valence electrons. The number of carbonyl (C=O) groups excluding carboxylic acids is 1. The quantitative estimate of drug-likeness (QED) is 0.212. The maximum Gasteiger partial charge on any atom is 0.323 e. The fourth-order valence-corrected chi connectivity index (χ4v) is 4.83. The molecule has 0 aliphatic carbocycles. The van der Waals surface area contributed by atoms with Gasteiger partial charge in [0, 0.05) is 18.3 Å². The highest BCUT2D eigenvalue weighted by Crippen LogP contribution is 2.23. The minimum absolute atomic E-state index is 0.428. The average Bonchev–Trinajstić information content (AvgIpc) is 3.55. The molecule has 0 saturated carbocycles. The Labute approximate surface area is 232 Å². The molecular formula is C28H33ClN8O2. The molecule has 10 nitrogen and oxygen atoms in total. The summed E-state index contributed by atoms with van der Waals surface area (Å²) in [5, 5.41) is 29.0. The van der Waals surface area contributed by atoms with E-state index >= 15 is 0 Å². The van der Waals surface area contributed by atoms with Crippen molar-refractivity contribution >= 4 is 34.7 Å². The Hall–Kier alpha value is -3.86. The molecule has 0 spiro atoms. The van der Waals surface area contributed by atoms with Crippen LogP contribution in [0.2, 0.25) is 5.02 Å². The second-order valence-electron chi connectivity index (χ2n) is 9.67. The number of halogens is 1. The minimum atomic E-state index is -0.932. The topological polar surface area (TPSA) is 112 Å². The molecule has 2 aromatic heterocycles. The van der Waals surface area contributed by atoms with Crippen LogP contribution in [0.1, 0.15) is 36.7 Å². The number of benzene rings is 2. The van der Waals surface area contributed by atoms with Crippen LogP contribution >= 0.6 is 11.6 Å². The lowest BCUT2D eigenvalue weighted by Crippen LogP contribution is -2.32. The standard InChI is InChI=1S/C28H33ClN8O2/c1-20-26(19-36(34-20)15-14-35-12-5-2-6-13-35)32-27(38)21-8-7-9-23(16-21)37-18-22(17-30-37)31-28(39)33-25-11-4-3-10-24(25)29/h3-4,7-11,16-19,27,32,38H,2,5-6,12-15H2,1H3,(H2,31,33,39). The largest absolute Gasteiger partial charge is 0.369 e. The van der Waals surface area contributed by atoms with E-state index in [0.29, 0.717) is 22.0 Å². The molecule has 1 fully saturated rings. The lowest BCUT2D eigenvalue weighted by atomic mass is 10.1. The fourth-order valence-electron chi connectivity index (χ4n) is 4.64. The van der Waals surface area contributed by atoms with Gasteiger partial charge >= 0.3 is 6.03 Å². The Morgan fingerprint density at radius 3 is 2.67 bits per heavy atom. The Bertz CT molecular complexity index is 1410. The summed E-state index contributed by atoms with van der Waals surface area (Å²) in [7, 11) is 0. The summed E-state index contributed by atoms with van der Waals surface area (Å²) in [5.74, 6) is 0. The molecule has 1 unspecified atom stereocenters. The molecule has 0 radical (unpaired) electrons. The van der Waals surface area contributed by atoms with Gasteiger partial charge in [0.1, 0.15) is 0 Å². The van der Waals surface area contributed by atoms with Crippen molar-refractivity contribution in [1.29, 1.82) is 0 Å². The highest BCUT2D eigenvalue weighted by atomic mass is 35.5. The number of aromatic nitrogens is 4. The summed E-state index contributed by atoms with van der Waals surface area (Å²) in [6.45, 7) is 6.05. The van der Waals surface area contributed by atoms with Gasteiger partial charge in [-0.15, -0.1) is 0 Å². The van der Waals surface area contributed by atoms with Crippen molar-refractivity contribution in [3.63, 3.8) is 0 Å². The first-order chi connectivity index (χ1) is 18.9. The summed E-state index contributed by atoms with van der Waals surface area (Å²) < 4.78 is 3.57. The van der Waals surface area contributed by atoms with E-state index < -0.39 is 12.3 Å². The van der Waals surface area contributed by atoms with Crippen molar-refractivity contribution < 1.29 is 9.90 Å². The number of urea groups is 1. The summed E-state index contributed by atoms with van der Waals surface area (Å²) in [6.07, 6.45) is 8.13. The maximum atomic E-state index is 12.4. The summed E-state index contributed by atoms with van der Waals surface area (Å²) in [6, 6.07) is 14.0. The number of amides is 2. The zero-order chi connectivity index (χ0) is 27.2. The molecule has 4 aromatic rings. The van der Waals surface area contributed by atoms with Gasteiger partial charge < -0.3 is 26.0 Å². The molecule has 4 N–H and O–H groups in total. The van der Waals surface area contributed by atoms with E-state index in [0.717, 1.165) is 43.2 Å². The lowest BCUT2D eigenvalue weighted by molar-refractivity contribution is 0.208. The summed E-state index contributed by atoms with van der Waals surface area (Å²) in [4.78, 5) is 14.9. The number of carbonyl (C=O) groups is 1. The fraction of sp³-hybridized carbons (Fsp3) is 0.321. The summed E-state index contributed by atoms with van der Waals surface area (Å²) >= 11 is 6.11. The predicted molar refractivity (Wildman–Crippen MR) is 153 cm³/mol. The first kappa shape index (κ1) is 26.7. The third-order valence-corrected chi connectivity index (χ3v) is 7.08. The number of hydrogen-bond acceptors (Lipinski definition) is 6. The molecule has 1 aliphatic heterocycles. The summed E-state index contributed by atoms with van der Waals surface area (Å²) in [5.41, 5.74) is 4.07. The normalized spacial score (nSPS) is 14.6. The first-order valence-electron chi connectivity index (χ1n) is 13.1. The number of hydrogen-bond donors (Lipinski definition) is 4. The van der Waals surface area contributed by atoms with Crippen LogP contribution in [-0.2, 0) is 6.54 Å². The molecular weight excluding hydrogens is 516 g/mol. The van der Waals surface area contributed by atoms with Crippen molar-refractivity contribution in [3.05, 3.63) is 83.4 Å². The van der Waals surface area contributed by atoms with Crippen LogP contribution in [0.3, 0.4) is 0 Å². The van der Waals surface area contributed by atoms with E-state index in [2.05, 4.69) is 31.0 Å². The highest BCUT2D eigenvalue weighted by molar-refractivity contribution is 6.33. The highest BCUT2D eigenvalue weighted by Gasteiger charge is 2.15. The van der Waals surface area contributed by atoms with Gasteiger partial charge in [-0.25, -0.2) is 9.48 Å².